The van der Waals surface area contributed by atoms with Gasteiger partial charge in [0, 0.05) is 10.7 Å². The molecule has 9 heteroatoms. The Morgan fingerprint density at radius 2 is 1.74 bits per heavy atom. The van der Waals surface area contributed by atoms with Gasteiger partial charge in [0.15, 0.2) is 11.5 Å². The topological polar surface area (TPSA) is 96.3 Å². The normalized spacial score (nSPS) is 16.8. The zero-order valence-electron chi connectivity index (χ0n) is 21.3. The lowest BCUT2D eigenvalue weighted by molar-refractivity contribution is -0.132. The van der Waals surface area contributed by atoms with Crippen LogP contribution in [0.2, 0.25) is 10.0 Å². The van der Waals surface area contributed by atoms with E-state index >= 15 is 0 Å². The lowest BCUT2D eigenvalue weighted by Gasteiger charge is -2.26. The summed E-state index contributed by atoms with van der Waals surface area (Å²) in [5.41, 5.74) is 1.83. The van der Waals surface area contributed by atoms with Crippen LogP contribution in [0.1, 0.15) is 49.4 Å². The van der Waals surface area contributed by atoms with E-state index in [-0.39, 0.29) is 51.0 Å². The third kappa shape index (κ3) is 4.91. The number of nitrogens with zero attached hydrogens (tertiary/aromatic N) is 1. The van der Waals surface area contributed by atoms with E-state index in [9.17, 15) is 19.8 Å². The van der Waals surface area contributed by atoms with E-state index in [1.54, 1.807) is 31.2 Å². The van der Waals surface area contributed by atoms with E-state index in [0.29, 0.717) is 11.3 Å². The van der Waals surface area contributed by atoms with Gasteiger partial charge in [-0.3, -0.25) is 14.5 Å². The highest BCUT2D eigenvalue weighted by molar-refractivity contribution is 6.52. The van der Waals surface area contributed by atoms with Crippen LogP contribution in [0.15, 0.2) is 60.2 Å². The Kier molecular flexibility index (Phi) is 7.90. The van der Waals surface area contributed by atoms with Gasteiger partial charge in [0.1, 0.15) is 11.5 Å². The fraction of sp³-hybridized carbons (Fsp3) is 0.241. The van der Waals surface area contributed by atoms with Crippen molar-refractivity contribution in [2.45, 2.75) is 32.7 Å². The number of hydrogen-bond acceptors (Lipinski definition) is 6. The van der Waals surface area contributed by atoms with Gasteiger partial charge in [0.25, 0.3) is 11.7 Å². The lowest BCUT2D eigenvalue weighted by atomic mass is 9.94. The van der Waals surface area contributed by atoms with Crippen molar-refractivity contribution in [1.82, 2.24) is 0 Å². The van der Waals surface area contributed by atoms with Crippen molar-refractivity contribution in [3.05, 3.63) is 86.9 Å². The first-order valence-corrected chi connectivity index (χ1v) is 12.7. The molecule has 0 saturated carbocycles. The predicted octanol–water partition coefficient (Wildman–Crippen LogP) is 6.86. The number of aliphatic hydroxyl groups is 1. The molecule has 2 N–H and O–H groups in total. The number of benzene rings is 3. The smallest absolute Gasteiger partial charge is 0.300 e. The highest BCUT2D eigenvalue weighted by Gasteiger charge is 2.47. The molecule has 1 aliphatic rings. The van der Waals surface area contributed by atoms with Crippen molar-refractivity contribution in [2.75, 3.05) is 18.6 Å². The fourth-order valence-electron chi connectivity index (χ4n) is 4.49. The van der Waals surface area contributed by atoms with E-state index in [4.69, 9.17) is 32.7 Å². The summed E-state index contributed by atoms with van der Waals surface area (Å²) in [7, 11) is 1.37. The number of phenols is 1. The summed E-state index contributed by atoms with van der Waals surface area (Å²) < 4.78 is 10.9. The van der Waals surface area contributed by atoms with E-state index in [0.717, 1.165) is 5.56 Å². The van der Waals surface area contributed by atoms with Crippen molar-refractivity contribution in [3.8, 4) is 17.2 Å². The van der Waals surface area contributed by atoms with Crippen molar-refractivity contribution >= 4 is 46.3 Å². The number of aromatic hydroxyl groups is 1. The number of carbonyl (C=O) groups excluding carboxylic acids is 2. The highest BCUT2D eigenvalue weighted by atomic mass is 35.5. The molecule has 1 aliphatic heterocycles. The predicted molar refractivity (Wildman–Crippen MR) is 148 cm³/mol. The lowest BCUT2D eigenvalue weighted by Crippen LogP contribution is -2.29. The number of Topliss-reactive ketones (excluding diaryl/α,β-unsaturated/α-hetero) is 1. The zero-order chi connectivity index (χ0) is 27.7. The van der Waals surface area contributed by atoms with Gasteiger partial charge in [-0.1, -0.05) is 55.2 Å². The van der Waals surface area contributed by atoms with Gasteiger partial charge in [-0.25, -0.2) is 0 Å². The second-order valence-corrected chi connectivity index (χ2v) is 9.89. The van der Waals surface area contributed by atoms with Gasteiger partial charge in [-0.2, -0.15) is 0 Å². The van der Waals surface area contributed by atoms with Crippen LogP contribution >= 0.6 is 23.2 Å². The summed E-state index contributed by atoms with van der Waals surface area (Å²) in [6, 6.07) is 13.6. The summed E-state index contributed by atoms with van der Waals surface area (Å²) in [4.78, 5) is 28.3. The van der Waals surface area contributed by atoms with Gasteiger partial charge >= 0.3 is 0 Å². The largest absolute Gasteiger partial charge is 0.507 e. The van der Waals surface area contributed by atoms with E-state index in [2.05, 4.69) is 13.8 Å². The molecule has 1 heterocycles. The molecule has 1 unspecified atom stereocenters. The Morgan fingerprint density at radius 1 is 1.05 bits per heavy atom. The first kappa shape index (κ1) is 27.4. The Morgan fingerprint density at radius 3 is 2.34 bits per heavy atom. The second kappa shape index (κ2) is 11.0. The molecule has 0 radical (unpaired) electrons. The molecular formula is C29H27Cl2NO6. The molecule has 0 aliphatic carbocycles. The molecule has 1 atom stereocenters. The molecule has 1 fully saturated rings. The zero-order valence-corrected chi connectivity index (χ0v) is 22.8. The number of methoxy groups -OCH3 is 1. The first-order valence-electron chi connectivity index (χ1n) is 12.0. The molecule has 38 heavy (non-hydrogen) atoms. The maximum absolute atomic E-state index is 13.5. The molecule has 1 saturated heterocycles. The Bertz CT molecular complexity index is 1430. The number of rotatable bonds is 7. The first-order chi connectivity index (χ1) is 18.1. The number of ether oxygens (including phenoxy) is 2. The SMILES string of the molecule is CCOc1cc(C2/C(=C(\O)c3cc(Cl)cc(Cl)c3OC)C(=O)C(=O)N2c2ccc(C(C)C)cc2)ccc1O. The monoisotopic (exact) mass is 555 g/mol. The summed E-state index contributed by atoms with van der Waals surface area (Å²) >= 11 is 12.5. The number of halogens is 2. The van der Waals surface area contributed by atoms with Crippen molar-refractivity contribution in [1.29, 1.82) is 0 Å². The highest BCUT2D eigenvalue weighted by Crippen LogP contribution is 2.46. The van der Waals surface area contributed by atoms with Gasteiger partial charge in [-0.05, 0) is 60.4 Å². The summed E-state index contributed by atoms with van der Waals surface area (Å²) in [5, 5.41) is 22.1. The quantitative estimate of drug-likeness (QED) is 0.188. The van der Waals surface area contributed by atoms with Gasteiger partial charge in [0.05, 0.1) is 35.9 Å². The third-order valence-electron chi connectivity index (χ3n) is 6.35. The molecule has 3 aromatic rings. The summed E-state index contributed by atoms with van der Waals surface area (Å²) in [6.45, 7) is 6.16. The van der Waals surface area contributed by atoms with Crippen molar-refractivity contribution in [3.63, 3.8) is 0 Å². The van der Waals surface area contributed by atoms with Crippen molar-refractivity contribution < 1.29 is 29.3 Å². The molecule has 7 nitrogen and oxygen atoms in total. The Balaban J connectivity index is 2.00. The standard InChI is InChI=1S/C29H27Cl2NO6/c1-5-38-23-12-17(8-11-22(23)33)25-24(26(34)20-13-18(30)14-21(31)28(20)37-4)27(35)29(36)32(25)19-9-6-16(7-10-19)15(2)3/h6-15,25,33-34H,5H2,1-4H3/b26-24+. The molecule has 0 spiro atoms. The van der Waals surface area contributed by atoms with Crippen LogP contribution in [0.4, 0.5) is 5.69 Å². The second-order valence-electron chi connectivity index (χ2n) is 9.04. The van der Waals surface area contributed by atoms with Gasteiger partial charge < -0.3 is 19.7 Å². The van der Waals surface area contributed by atoms with E-state index in [1.165, 1.54) is 30.2 Å². The Labute approximate surface area is 230 Å². The summed E-state index contributed by atoms with van der Waals surface area (Å²) in [6.07, 6.45) is 0. The molecule has 3 aromatic carbocycles. The number of hydrogen-bond donors (Lipinski definition) is 2. The van der Waals surface area contributed by atoms with Crippen LogP contribution < -0.4 is 14.4 Å². The van der Waals surface area contributed by atoms with Crippen molar-refractivity contribution in [2.24, 2.45) is 0 Å². The van der Waals surface area contributed by atoms with Crippen LogP contribution in [-0.4, -0.2) is 35.6 Å². The number of aliphatic hydroxyl groups excluding tert-OH is 1. The van der Waals surface area contributed by atoms with Crippen LogP contribution in [-0.2, 0) is 9.59 Å². The minimum absolute atomic E-state index is 0.0620. The molecule has 0 bridgehead atoms. The van der Waals surface area contributed by atoms with Crippen LogP contribution in [0, 0.1) is 0 Å². The molecule has 198 valence electrons. The average molecular weight is 556 g/mol. The number of amides is 1. The fourth-order valence-corrected chi connectivity index (χ4v) is 5.07. The number of phenolic OH excluding ortho intramolecular Hbond substituents is 1. The maximum atomic E-state index is 13.5. The Hall–Kier alpha value is -3.68. The minimum Gasteiger partial charge on any atom is -0.507 e. The molecule has 4 rings (SSSR count). The van der Waals surface area contributed by atoms with Gasteiger partial charge in [-0.15, -0.1) is 0 Å². The van der Waals surface area contributed by atoms with E-state index in [1.807, 2.05) is 12.1 Å². The van der Waals surface area contributed by atoms with Crippen LogP contribution in [0.3, 0.4) is 0 Å². The number of carbonyl (C=O) groups is 2. The van der Waals surface area contributed by atoms with Crippen LogP contribution in [0.25, 0.3) is 5.76 Å². The van der Waals surface area contributed by atoms with Crippen LogP contribution in [0.5, 0.6) is 17.2 Å². The van der Waals surface area contributed by atoms with Gasteiger partial charge in [0.2, 0.25) is 0 Å². The third-order valence-corrected chi connectivity index (χ3v) is 6.85. The summed E-state index contributed by atoms with van der Waals surface area (Å²) in [5.74, 6) is -1.79. The van der Waals surface area contributed by atoms with E-state index < -0.39 is 23.5 Å². The molecule has 1 amide bonds. The number of anilines is 1. The molecule has 0 aromatic heterocycles. The molecular weight excluding hydrogens is 529 g/mol. The average Bonchev–Trinajstić information content (AvgIpc) is 3.15. The minimum atomic E-state index is -1.05. The maximum Gasteiger partial charge on any atom is 0.300 e. The number of ketones is 1.